The van der Waals surface area contributed by atoms with Crippen LogP contribution in [0.2, 0.25) is 0 Å². The van der Waals surface area contributed by atoms with Gasteiger partial charge in [0.1, 0.15) is 0 Å². The van der Waals surface area contributed by atoms with E-state index in [1.165, 1.54) is 4.31 Å². The van der Waals surface area contributed by atoms with Gasteiger partial charge in [0.15, 0.2) is 0 Å². The Hall–Kier alpha value is -1.60. The number of benzene rings is 1. The van der Waals surface area contributed by atoms with Crippen LogP contribution in [0.5, 0.6) is 0 Å². The Labute approximate surface area is 118 Å². The first-order valence-electron chi connectivity index (χ1n) is 6.76. The highest BCUT2D eigenvalue weighted by molar-refractivity contribution is 7.90. The highest BCUT2D eigenvalue weighted by atomic mass is 32.2. The zero-order valence-electron chi connectivity index (χ0n) is 11.4. The van der Waals surface area contributed by atoms with Crippen molar-refractivity contribution in [2.45, 2.75) is 19.3 Å². The standard InChI is InChI=1S/C13H18N4O2S/c1-16-13-9-12(6-5-11(13)10-14-16)15-20(18,19)17-7-3-2-4-8-17/h5-6,9-10,15H,2-4,7-8H2,1H3. The van der Waals surface area contributed by atoms with Crippen molar-refractivity contribution in [3.05, 3.63) is 24.4 Å². The Morgan fingerprint density at radius 1 is 1.20 bits per heavy atom. The molecule has 0 atom stereocenters. The number of aromatic nitrogens is 2. The minimum atomic E-state index is -3.45. The van der Waals surface area contributed by atoms with Gasteiger partial charge in [0.2, 0.25) is 0 Å². The first-order valence-corrected chi connectivity index (χ1v) is 8.20. The minimum absolute atomic E-state index is 0.576. The molecule has 6 nitrogen and oxygen atoms in total. The largest absolute Gasteiger partial charge is 0.301 e. The van der Waals surface area contributed by atoms with Crippen molar-refractivity contribution in [1.82, 2.24) is 14.1 Å². The van der Waals surface area contributed by atoms with Gasteiger partial charge in [-0.1, -0.05) is 6.42 Å². The first kappa shape index (κ1) is 13.4. The van der Waals surface area contributed by atoms with Gasteiger partial charge in [-0.15, -0.1) is 0 Å². The third-order valence-electron chi connectivity index (χ3n) is 3.65. The Balaban J connectivity index is 1.86. The molecule has 108 valence electrons. The van der Waals surface area contributed by atoms with Crippen LogP contribution < -0.4 is 4.72 Å². The summed E-state index contributed by atoms with van der Waals surface area (Å²) in [5.74, 6) is 0. The van der Waals surface area contributed by atoms with E-state index >= 15 is 0 Å². The van der Waals surface area contributed by atoms with Crippen LogP contribution in [0.3, 0.4) is 0 Å². The third-order valence-corrected chi connectivity index (χ3v) is 5.19. The molecule has 0 amide bonds. The fraction of sp³-hybridized carbons (Fsp3) is 0.462. The molecule has 0 bridgehead atoms. The molecule has 3 rings (SSSR count). The van der Waals surface area contributed by atoms with E-state index in [1.54, 1.807) is 16.9 Å². The van der Waals surface area contributed by atoms with Crippen molar-refractivity contribution in [2.24, 2.45) is 7.05 Å². The lowest BCUT2D eigenvalue weighted by Gasteiger charge is -2.26. The molecule has 2 aromatic rings. The molecule has 1 N–H and O–H groups in total. The number of nitrogens with zero attached hydrogens (tertiary/aromatic N) is 3. The molecule has 20 heavy (non-hydrogen) atoms. The van der Waals surface area contributed by atoms with Gasteiger partial charge in [-0.3, -0.25) is 9.40 Å². The second kappa shape index (κ2) is 5.06. The Bertz CT molecular complexity index is 717. The molecule has 0 saturated carbocycles. The van der Waals surface area contributed by atoms with Gasteiger partial charge in [-0.2, -0.15) is 17.8 Å². The summed E-state index contributed by atoms with van der Waals surface area (Å²) in [6, 6.07) is 5.45. The van der Waals surface area contributed by atoms with E-state index in [9.17, 15) is 8.42 Å². The second-order valence-corrected chi connectivity index (χ2v) is 6.78. The number of fused-ring (bicyclic) bond motifs is 1. The van der Waals surface area contributed by atoms with Crippen molar-refractivity contribution < 1.29 is 8.42 Å². The zero-order chi connectivity index (χ0) is 14.2. The van der Waals surface area contributed by atoms with E-state index in [0.717, 1.165) is 30.2 Å². The average Bonchev–Trinajstić information content (AvgIpc) is 2.81. The van der Waals surface area contributed by atoms with Gasteiger partial charge < -0.3 is 0 Å². The Kier molecular flexibility index (Phi) is 3.39. The fourth-order valence-electron chi connectivity index (χ4n) is 2.53. The summed E-state index contributed by atoms with van der Waals surface area (Å²) in [6.45, 7) is 1.20. The zero-order valence-corrected chi connectivity index (χ0v) is 12.2. The van der Waals surface area contributed by atoms with Crippen LogP contribution in [0.15, 0.2) is 24.4 Å². The topological polar surface area (TPSA) is 67.2 Å². The van der Waals surface area contributed by atoms with Crippen LogP contribution in [0.25, 0.3) is 10.9 Å². The smallest absolute Gasteiger partial charge is 0.271 e. The monoisotopic (exact) mass is 294 g/mol. The van der Waals surface area contributed by atoms with Crippen molar-refractivity contribution >= 4 is 26.8 Å². The molecule has 1 aromatic carbocycles. The molecular formula is C13H18N4O2S. The summed E-state index contributed by atoms with van der Waals surface area (Å²) in [5, 5.41) is 5.15. The van der Waals surface area contributed by atoms with Gasteiger partial charge in [-0.25, -0.2) is 0 Å². The predicted octanol–water partition coefficient (Wildman–Crippen LogP) is 1.72. The van der Waals surface area contributed by atoms with Crippen LogP contribution in [0.4, 0.5) is 5.69 Å². The van der Waals surface area contributed by atoms with Crippen molar-refractivity contribution in [2.75, 3.05) is 17.8 Å². The fourth-order valence-corrected chi connectivity index (χ4v) is 3.82. The van der Waals surface area contributed by atoms with Gasteiger partial charge in [0.05, 0.1) is 17.4 Å². The third kappa shape index (κ3) is 2.51. The lowest BCUT2D eigenvalue weighted by atomic mass is 10.2. The number of nitrogens with one attached hydrogen (secondary N) is 1. The molecule has 2 heterocycles. The second-order valence-electron chi connectivity index (χ2n) is 5.11. The quantitative estimate of drug-likeness (QED) is 0.937. The molecular weight excluding hydrogens is 276 g/mol. The maximum Gasteiger partial charge on any atom is 0.301 e. The summed E-state index contributed by atoms with van der Waals surface area (Å²) in [6.07, 6.45) is 4.73. The SMILES string of the molecule is Cn1ncc2ccc(NS(=O)(=O)N3CCCCC3)cc21. The van der Waals surface area contributed by atoms with E-state index < -0.39 is 10.2 Å². The normalized spacial score (nSPS) is 17.4. The summed E-state index contributed by atoms with van der Waals surface area (Å²) < 4.78 is 30.5. The summed E-state index contributed by atoms with van der Waals surface area (Å²) >= 11 is 0. The average molecular weight is 294 g/mol. The van der Waals surface area contributed by atoms with Crippen LogP contribution >= 0.6 is 0 Å². The molecule has 1 saturated heterocycles. The number of hydrogen-bond donors (Lipinski definition) is 1. The molecule has 1 aromatic heterocycles. The summed E-state index contributed by atoms with van der Waals surface area (Å²) in [7, 11) is -1.61. The van der Waals surface area contributed by atoms with Gasteiger partial charge in [0.25, 0.3) is 0 Å². The molecule has 1 fully saturated rings. The van der Waals surface area contributed by atoms with Crippen LogP contribution in [0.1, 0.15) is 19.3 Å². The van der Waals surface area contributed by atoms with Gasteiger partial charge in [0, 0.05) is 25.5 Å². The predicted molar refractivity (Wildman–Crippen MR) is 78.7 cm³/mol. The lowest BCUT2D eigenvalue weighted by molar-refractivity contribution is 0.349. The van der Waals surface area contributed by atoms with Crippen molar-refractivity contribution in [3.63, 3.8) is 0 Å². The number of aryl methyl sites for hydroxylation is 1. The van der Waals surface area contributed by atoms with Crippen LogP contribution in [-0.2, 0) is 17.3 Å². The van der Waals surface area contributed by atoms with E-state index in [4.69, 9.17) is 0 Å². The molecule has 0 spiro atoms. The molecule has 0 radical (unpaired) electrons. The number of hydrogen-bond acceptors (Lipinski definition) is 3. The lowest BCUT2D eigenvalue weighted by Crippen LogP contribution is -2.39. The van der Waals surface area contributed by atoms with Gasteiger partial charge >= 0.3 is 10.2 Å². The number of piperidine rings is 1. The maximum atomic E-state index is 12.3. The molecule has 0 unspecified atom stereocenters. The minimum Gasteiger partial charge on any atom is -0.271 e. The van der Waals surface area contributed by atoms with Gasteiger partial charge in [-0.05, 0) is 31.0 Å². The highest BCUT2D eigenvalue weighted by Gasteiger charge is 2.23. The molecule has 0 aliphatic carbocycles. The van der Waals surface area contributed by atoms with Crippen LogP contribution in [0, 0.1) is 0 Å². The number of rotatable bonds is 3. The van der Waals surface area contributed by atoms with E-state index in [0.29, 0.717) is 18.8 Å². The van der Waals surface area contributed by atoms with Crippen molar-refractivity contribution in [3.8, 4) is 0 Å². The molecule has 1 aliphatic rings. The number of anilines is 1. The van der Waals surface area contributed by atoms with E-state index in [1.807, 2.05) is 19.2 Å². The van der Waals surface area contributed by atoms with E-state index in [-0.39, 0.29) is 0 Å². The summed E-state index contributed by atoms with van der Waals surface area (Å²) in [5.41, 5.74) is 1.48. The molecule has 7 heteroatoms. The summed E-state index contributed by atoms with van der Waals surface area (Å²) in [4.78, 5) is 0. The maximum absolute atomic E-state index is 12.3. The Morgan fingerprint density at radius 3 is 2.70 bits per heavy atom. The Morgan fingerprint density at radius 2 is 1.95 bits per heavy atom. The van der Waals surface area contributed by atoms with Crippen molar-refractivity contribution in [1.29, 1.82) is 0 Å². The first-order chi connectivity index (χ1) is 9.56. The van der Waals surface area contributed by atoms with E-state index in [2.05, 4.69) is 9.82 Å². The molecule has 1 aliphatic heterocycles. The highest BCUT2D eigenvalue weighted by Crippen LogP contribution is 2.21. The van der Waals surface area contributed by atoms with Crippen LogP contribution in [-0.4, -0.2) is 35.6 Å².